The van der Waals surface area contributed by atoms with Crippen LogP contribution in [0.4, 0.5) is 0 Å². The topological polar surface area (TPSA) is 12.0 Å². The molecule has 1 rings (SSSR count). The minimum atomic E-state index is 0.732. The van der Waals surface area contributed by atoms with Gasteiger partial charge in [-0.2, -0.15) is 0 Å². The normalized spacial score (nSPS) is 29.8. The van der Waals surface area contributed by atoms with Gasteiger partial charge in [0.2, 0.25) is 0 Å². The van der Waals surface area contributed by atoms with E-state index >= 15 is 0 Å². The quantitative estimate of drug-likeness (QED) is 0.710. The molecule has 0 radical (unpaired) electrons. The Balaban J connectivity index is 2.30. The Bertz CT molecular complexity index is 153. The predicted molar refractivity (Wildman–Crippen MR) is 63.5 cm³/mol. The second kappa shape index (κ2) is 5.75. The molecule has 3 unspecified atom stereocenters. The zero-order chi connectivity index (χ0) is 10.6. The van der Waals surface area contributed by atoms with Gasteiger partial charge in [0.05, 0.1) is 0 Å². The van der Waals surface area contributed by atoms with E-state index in [4.69, 9.17) is 0 Å². The van der Waals surface area contributed by atoms with Gasteiger partial charge < -0.3 is 5.32 Å². The van der Waals surface area contributed by atoms with Gasteiger partial charge in [-0.15, -0.1) is 0 Å². The minimum absolute atomic E-state index is 0.732. The molecule has 3 atom stereocenters. The molecule has 1 nitrogen and oxygen atoms in total. The molecule has 0 heterocycles. The van der Waals surface area contributed by atoms with Crippen molar-refractivity contribution in [3.63, 3.8) is 0 Å². The molecule has 0 aromatic carbocycles. The first-order chi connectivity index (χ1) is 6.67. The van der Waals surface area contributed by atoms with E-state index in [1.54, 1.807) is 0 Å². The van der Waals surface area contributed by atoms with Gasteiger partial charge in [0, 0.05) is 12.1 Å². The van der Waals surface area contributed by atoms with Crippen molar-refractivity contribution in [1.82, 2.24) is 5.32 Å². The van der Waals surface area contributed by atoms with Crippen LogP contribution in [0.15, 0.2) is 0 Å². The predicted octanol–water partition coefficient (Wildman–Crippen LogP) is 3.59. The first kappa shape index (κ1) is 12.0. The van der Waals surface area contributed by atoms with Gasteiger partial charge >= 0.3 is 0 Å². The van der Waals surface area contributed by atoms with Crippen LogP contribution in [-0.4, -0.2) is 12.1 Å². The third-order valence-corrected chi connectivity index (χ3v) is 3.81. The molecule has 1 aliphatic carbocycles. The van der Waals surface area contributed by atoms with Gasteiger partial charge in [-0.1, -0.05) is 34.1 Å². The van der Waals surface area contributed by atoms with E-state index in [0.29, 0.717) is 0 Å². The fourth-order valence-electron chi connectivity index (χ4n) is 2.68. The smallest absolute Gasteiger partial charge is 0.00900 e. The zero-order valence-corrected chi connectivity index (χ0v) is 10.3. The van der Waals surface area contributed by atoms with Crippen molar-refractivity contribution in [3.8, 4) is 0 Å². The molecule has 0 aliphatic heterocycles. The third-order valence-electron chi connectivity index (χ3n) is 3.81. The molecule has 0 aromatic rings. The molecule has 1 fully saturated rings. The highest BCUT2D eigenvalue weighted by atomic mass is 15.0. The van der Waals surface area contributed by atoms with Crippen molar-refractivity contribution < 1.29 is 0 Å². The molecule has 0 spiro atoms. The van der Waals surface area contributed by atoms with Gasteiger partial charge in [0.25, 0.3) is 0 Å². The first-order valence-electron chi connectivity index (χ1n) is 6.43. The van der Waals surface area contributed by atoms with Crippen molar-refractivity contribution in [2.24, 2.45) is 11.8 Å². The second-order valence-corrected chi connectivity index (χ2v) is 5.21. The average Bonchev–Trinajstić information content (AvgIpc) is 2.61. The Morgan fingerprint density at radius 2 is 1.93 bits per heavy atom. The van der Waals surface area contributed by atoms with Gasteiger partial charge in [0.15, 0.2) is 0 Å². The minimum Gasteiger partial charge on any atom is -0.311 e. The summed E-state index contributed by atoms with van der Waals surface area (Å²) < 4.78 is 0. The van der Waals surface area contributed by atoms with Crippen LogP contribution < -0.4 is 5.32 Å². The van der Waals surface area contributed by atoms with E-state index in [-0.39, 0.29) is 0 Å². The number of hydrogen-bond acceptors (Lipinski definition) is 1. The van der Waals surface area contributed by atoms with E-state index < -0.39 is 0 Å². The van der Waals surface area contributed by atoms with E-state index in [9.17, 15) is 0 Å². The molecular formula is C13H27N. The average molecular weight is 197 g/mol. The maximum absolute atomic E-state index is 3.83. The van der Waals surface area contributed by atoms with Crippen LogP contribution in [0, 0.1) is 11.8 Å². The Hall–Kier alpha value is -0.0400. The number of hydrogen-bond donors (Lipinski definition) is 1. The summed E-state index contributed by atoms with van der Waals surface area (Å²) in [6.07, 6.45) is 6.91. The summed E-state index contributed by atoms with van der Waals surface area (Å²) in [5.74, 6) is 1.78. The second-order valence-electron chi connectivity index (χ2n) is 5.21. The maximum Gasteiger partial charge on any atom is 0.00900 e. The maximum atomic E-state index is 3.83. The van der Waals surface area contributed by atoms with E-state index in [2.05, 4.69) is 33.0 Å². The van der Waals surface area contributed by atoms with Gasteiger partial charge in [-0.3, -0.25) is 0 Å². The molecule has 0 aromatic heterocycles. The van der Waals surface area contributed by atoms with Crippen molar-refractivity contribution in [2.45, 2.75) is 71.9 Å². The highest BCUT2D eigenvalue weighted by molar-refractivity contribution is 4.83. The van der Waals surface area contributed by atoms with Crippen molar-refractivity contribution in [1.29, 1.82) is 0 Å². The van der Waals surface area contributed by atoms with E-state index in [0.717, 1.165) is 23.9 Å². The Morgan fingerprint density at radius 1 is 1.21 bits per heavy atom. The highest BCUT2D eigenvalue weighted by Crippen LogP contribution is 2.28. The summed E-state index contributed by atoms with van der Waals surface area (Å²) in [5.41, 5.74) is 0. The fourth-order valence-corrected chi connectivity index (χ4v) is 2.68. The van der Waals surface area contributed by atoms with Gasteiger partial charge in [-0.05, 0) is 37.5 Å². The van der Waals surface area contributed by atoms with Crippen LogP contribution in [0.5, 0.6) is 0 Å². The summed E-state index contributed by atoms with van der Waals surface area (Å²) in [6.45, 7) is 9.28. The molecule has 1 aliphatic rings. The summed E-state index contributed by atoms with van der Waals surface area (Å²) in [5, 5.41) is 3.83. The van der Waals surface area contributed by atoms with E-state index in [1.165, 1.54) is 32.1 Å². The zero-order valence-electron chi connectivity index (χ0n) is 10.3. The molecule has 1 saturated carbocycles. The third kappa shape index (κ3) is 3.27. The molecule has 0 amide bonds. The monoisotopic (exact) mass is 197 g/mol. The summed E-state index contributed by atoms with van der Waals surface area (Å²) >= 11 is 0. The molecular weight excluding hydrogens is 170 g/mol. The van der Waals surface area contributed by atoms with Crippen LogP contribution in [0.1, 0.15) is 59.8 Å². The van der Waals surface area contributed by atoms with Gasteiger partial charge in [-0.25, -0.2) is 0 Å². The fraction of sp³-hybridized carbons (Fsp3) is 1.00. The molecule has 84 valence electrons. The highest BCUT2D eigenvalue weighted by Gasteiger charge is 2.25. The first-order valence-corrected chi connectivity index (χ1v) is 6.43. The molecule has 0 saturated heterocycles. The van der Waals surface area contributed by atoms with Crippen LogP contribution in [0.25, 0.3) is 0 Å². The SMILES string of the molecule is CCC1CCC(NC(CC)C(C)C)C1. The molecule has 14 heavy (non-hydrogen) atoms. The Morgan fingerprint density at radius 3 is 2.36 bits per heavy atom. The lowest BCUT2D eigenvalue weighted by molar-refractivity contribution is 0.338. The van der Waals surface area contributed by atoms with Crippen LogP contribution in [-0.2, 0) is 0 Å². The molecule has 1 heteroatoms. The summed E-state index contributed by atoms with van der Waals surface area (Å²) in [7, 11) is 0. The van der Waals surface area contributed by atoms with Crippen LogP contribution >= 0.6 is 0 Å². The Kier molecular flexibility index (Phi) is 4.94. The van der Waals surface area contributed by atoms with Crippen LogP contribution in [0.2, 0.25) is 0 Å². The lowest BCUT2D eigenvalue weighted by Crippen LogP contribution is -2.39. The van der Waals surface area contributed by atoms with Crippen molar-refractivity contribution in [2.75, 3.05) is 0 Å². The summed E-state index contributed by atoms with van der Waals surface area (Å²) in [4.78, 5) is 0. The van der Waals surface area contributed by atoms with E-state index in [1.807, 2.05) is 0 Å². The lowest BCUT2D eigenvalue weighted by Gasteiger charge is -2.25. The largest absolute Gasteiger partial charge is 0.311 e. The van der Waals surface area contributed by atoms with Crippen molar-refractivity contribution >= 4 is 0 Å². The standard InChI is InChI=1S/C13H27N/c1-5-11-7-8-12(9-11)14-13(6-2)10(3)4/h10-14H,5-9H2,1-4H3. The van der Waals surface area contributed by atoms with Crippen LogP contribution in [0.3, 0.4) is 0 Å². The molecule has 1 N–H and O–H groups in total. The Labute approximate surface area is 89.7 Å². The lowest BCUT2D eigenvalue weighted by atomic mass is 10.00. The summed E-state index contributed by atoms with van der Waals surface area (Å²) in [6, 6.07) is 1.54. The van der Waals surface area contributed by atoms with Gasteiger partial charge in [0.1, 0.15) is 0 Å². The number of nitrogens with one attached hydrogen (secondary N) is 1. The van der Waals surface area contributed by atoms with Crippen molar-refractivity contribution in [3.05, 3.63) is 0 Å². The number of rotatable bonds is 5. The molecule has 0 bridgehead atoms.